The van der Waals surface area contributed by atoms with Crippen molar-refractivity contribution in [3.63, 3.8) is 0 Å². The highest BCUT2D eigenvalue weighted by Crippen LogP contribution is 2.30. The molecule has 1 aromatic carbocycles. The summed E-state index contributed by atoms with van der Waals surface area (Å²) in [5.41, 5.74) is 0.773. The molecule has 1 heterocycles. The van der Waals surface area contributed by atoms with Crippen LogP contribution < -0.4 is 4.74 Å². The van der Waals surface area contributed by atoms with Crippen LogP contribution in [-0.4, -0.2) is 32.9 Å². The molecule has 1 aromatic rings. The van der Waals surface area contributed by atoms with Gasteiger partial charge in [-0.2, -0.15) is 4.31 Å². The summed E-state index contributed by atoms with van der Waals surface area (Å²) in [5, 5.41) is 0. The van der Waals surface area contributed by atoms with Crippen molar-refractivity contribution in [2.45, 2.75) is 23.6 Å². The van der Waals surface area contributed by atoms with Crippen molar-refractivity contribution in [2.24, 2.45) is 0 Å². The lowest BCUT2D eigenvalue weighted by Gasteiger charge is -2.18. The number of alkyl halides is 1. The highest BCUT2D eigenvalue weighted by atomic mass is 35.5. The first-order chi connectivity index (χ1) is 8.59. The minimum atomic E-state index is -3.46. The minimum absolute atomic E-state index is 0.213. The quantitative estimate of drug-likeness (QED) is 0.799. The Morgan fingerprint density at radius 2 is 2.00 bits per heavy atom. The molecular weight excluding hydrogens is 274 g/mol. The number of ether oxygens (including phenoxy) is 1. The third-order valence-electron chi connectivity index (χ3n) is 3.07. The van der Waals surface area contributed by atoms with E-state index in [0.29, 0.717) is 18.8 Å². The SMILES string of the molecule is COc1ccc(CCl)cc1S(=O)(=O)N1CCCC1. The van der Waals surface area contributed by atoms with E-state index in [2.05, 4.69) is 0 Å². The maximum atomic E-state index is 12.5. The van der Waals surface area contributed by atoms with E-state index in [4.69, 9.17) is 16.3 Å². The molecule has 0 amide bonds. The molecule has 0 bridgehead atoms. The van der Waals surface area contributed by atoms with Gasteiger partial charge in [-0.05, 0) is 30.5 Å². The molecule has 1 saturated heterocycles. The van der Waals surface area contributed by atoms with Crippen molar-refractivity contribution in [2.75, 3.05) is 20.2 Å². The Labute approximate surface area is 113 Å². The normalized spacial score (nSPS) is 17.0. The number of benzene rings is 1. The molecule has 6 heteroatoms. The minimum Gasteiger partial charge on any atom is -0.495 e. The number of hydrogen-bond donors (Lipinski definition) is 0. The van der Waals surface area contributed by atoms with E-state index in [1.165, 1.54) is 11.4 Å². The van der Waals surface area contributed by atoms with Crippen molar-refractivity contribution < 1.29 is 13.2 Å². The molecular formula is C12H16ClNO3S. The third-order valence-corrected chi connectivity index (χ3v) is 5.29. The molecule has 2 rings (SSSR count). The Bertz CT molecular complexity index is 524. The van der Waals surface area contributed by atoms with Crippen LogP contribution in [0.25, 0.3) is 0 Å². The Morgan fingerprint density at radius 3 is 2.56 bits per heavy atom. The Morgan fingerprint density at radius 1 is 1.33 bits per heavy atom. The van der Waals surface area contributed by atoms with Gasteiger partial charge in [0.25, 0.3) is 0 Å². The molecule has 0 N–H and O–H groups in total. The molecule has 0 spiro atoms. The first-order valence-electron chi connectivity index (χ1n) is 5.82. The Balaban J connectivity index is 2.47. The van der Waals surface area contributed by atoms with Gasteiger partial charge in [-0.3, -0.25) is 0 Å². The Kier molecular flexibility index (Phi) is 4.14. The standard InChI is InChI=1S/C12H16ClNO3S/c1-17-11-5-4-10(9-13)8-12(11)18(15,16)14-6-2-3-7-14/h4-5,8H,2-3,6-7,9H2,1H3. The molecule has 0 atom stereocenters. The van der Waals surface area contributed by atoms with Gasteiger partial charge in [0.1, 0.15) is 10.6 Å². The van der Waals surface area contributed by atoms with E-state index in [1.807, 2.05) is 0 Å². The fourth-order valence-electron chi connectivity index (χ4n) is 2.07. The number of sulfonamides is 1. The fourth-order valence-corrected chi connectivity index (χ4v) is 3.96. The van der Waals surface area contributed by atoms with Crippen molar-refractivity contribution in [1.82, 2.24) is 4.31 Å². The first kappa shape index (κ1) is 13.6. The second kappa shape index (κ2) is 5.47. The fraction of sp³-hybridized carbons (Fsp3) is 0.500. The van der Waals surface area contributed by atoms with E-state index < -0.39 is 10.0 Å². The van der Waals surface area contributed by atoms with Crippen LogP contribution in [0.5, 0.6) is 5.75 Å². The molecule has 18 heavy (non-hydrogen) atoms. The van der Waals surface area contributed by atoms with E-state index >= 15 is 0 Å². The van der Waals surface area contributed by atoms with Crippen molar-refractivity contribution in [3.8, 4) is 5.75 Å². The zero-order chi connectivity index (χ0) is 13.2. The molecule has 1 aliphatic heterocycles. The molecule has 0 unspecified atom stereocenters. The lowest BCUT2D eigenvalue weighted by atomic mass is 10.2. The van der Waals surface area contributed by atoms with Gasteiger partial charge in [-0.1, -0.05) is 6.07 Å². The highest BCUT2D eigenvalue weighted by Gasteiger charge is 2.29. The van der Waals surface area contributed by atoms with Gasteiger partial charge in [0.2, 0.25) is 10.0 Å². The van der Waals surface area contributed by atoms with Gasteiger partial charge < -0.3 is 4.74 Å². The summed E-state index contributed by atoms with van der Waals surface area (Å²) in [6.45, 7) is 1.16. The number of rotatable bonds is 4. The van der Waals surface area contributed by atoms with Gasteiger partial charge >= 0.3 is 0 Å². The van der Waals surface area contributed by atoms with Crippen LogP contribution in [-0.2, 0) is 15.9 Å². The van der Waals surface area contributed by atoms with Gasteiger partial charge in [-0.25, -0.2) is 8.42 Å². The number of methoxy groups -OCH3 is 1. The smallest absolute Gasteiger partial charge is 0.246 e. The predicted molar refractivity (Wildman–Crippen MR) is 70.5 cm³/mol. The van der Waals surface area contributed by atoms with Gasteiger partial charge in [0, 0.05) is 19.0 Å². The van der Waals surface area contributed by atoms with Crippen LogP contribution in [0.4, 0.5) is 0 Å². The topological polar surface area (TPSA) is 46.6 Å². The molecule has 0 saturated carbocycles. The second-order valence-corrected chi connectivity index (χ2v) is 6.40. The zero-order valence-electron chi connectivity index (χ0n) is 10.2. The van der Waals surface area contributed by atoms with Crippen LogP contribution in [0.15, 0.2) is 23.1 Å². The third kappa shape index (κ3) is 2.48. The van der Waals surface area contributed by atoms with Crippen LogP contribution in [0.1, 0.15) is 18.4 Å². The number of hydrogen-bond acceptors (Lipinski definition) is 3. The van der Waals surface area contributed by atoms with Crippen molar-refractivity contribution in [3.05, 3.63) is 23.8 Å². The zero-order valence-corrected chi connectivity index (χ0v) is 11.8. The lowest BCUT2D eigenvalue weighted by Crippen LogP contribution is -2.28. The summed E-state index contributed by atoms with van der Waals surface area (Å²) in [6.07, 6.45) is 1.83. The van der Waals surface area contributed by atoms with Gasteiger partial charge in [0.05, 0.1) is 7.11 Å². The lowest BCUT2D eigenvalue weighted by molar-refractivity contribution is 0.398. The van der Waals surface area contributed by atoms with Crippen molar-refractivity contribution >= 4 is 21.6 Å². The molecule has 0 aliphatic carbocycles. The monoisotopic (exact) mass is 289 g/mol. The van der Waals surface area contributed by atoms with E-state index in [-0.39, 0.29) is 10.8 Å². The molecule has 100 valence electrons. The highest BCUT2D eigenvalue weighted by molar-refractivity contribution is 7.89. The average molecular weight is 290 g/mol. The molecule has 4 nitrogen and oxygen atoms in total. The maximum absolute atomic E-state index is 12.5. The van der Waals surface area contributed by atoms with Gasteiger partial charge in [-0.15, -0.1) is 11.6 Å². The number of nitrogens with zero attached hydrogens (tertiary/aromatic N) is 1. The summed E-state index contributed by atoms with van der Waals surface area (Å²) in [6, 6.07) is 5.02. The summed E-state index contributed by atoms with van der Waals surface area (Å²) < 4.78 is 31.6. The summed E-state index contributed by atoms with van der Waals surface area (Å²) >= 11 is 5.75. The van der Waals surface area contributed by atoms with Crippen LogP contribution >= 0.6 is 11.6 Å². The predicted octanol–water partition coefficient (Wildman–Crippen LogP) is 2.22. The molecule has 1 aliphatic rings. The van der Waals surface area contributed by atoms with E-state index in [1.54, 1.807) is 18.2 Å². The summed E-state index contributed by atoms with van der Waals surface area (Å²) in [7, 11) is -1.99. The summed E-state index contributed by atoms with van der Waals surface area (Å²) in [5.74, 6) is 0.655. The first-order valence-corrected chi connectivity index (χ1v) is 7.80. The van der Waals surface area contributed by atoms with Gasteiger partial charge in [0.15, 0.2) is 0 Å². The Hall–Kier alpha value is -0.780. The molecule has 1 fully saturated rings. The average Bonchev–Trinajstić information content (AvgIpc) is 2.92. The number of halogens is 1. The maximum Gasteiger partial charge on any atom is 0.246 e. The van der Waals surface area contributed by atoms with Crippen LogP contribution in [0.2, 0.25) is 0 Å². The van der Waals surface area contributed by atoms with Crippen LogP contribution in [0.3, 0.4) is 0 Å². The van der Waals surface area contributed by atoms with E-state index in [0.717, 1.165) is 18.4 Å². The van der Waals surface area contributed by atoms with E-state index in [9.17, 15) is 8.42 Å². The molecule has 0 radical (unpaired) electrons. The largest absolute Gasteiger partial charge is 0.495 e. The van der Waals surface area contributed by atoms with Crippen LogP contribution in [0, 0.1) is 0 Å². The molecule has 0 aromatic heterocycles. The second-order valence-electron chi connectivity index (χ2n) is 4.23. The summed E-state index contributed by atoms with van der Waals surface area (Å²) in [4.78, 5) is 0.213. The van der Waals surface area contributed by atoms with Crippen molar-refractivity contribution in [1.29, 1.82) is 0 Å².